The van der Waals surface area contributed by atoms with Crippen molar-refractivity contribution in [3.63, 3.8) is 0 Å². The summed E-state index contributed by atoms with van der Waals surface area (Å²) in [7, 11) is 0. The van der Waals surface area contributed by atoms with E-state index in [9.17, 15) is 50.9 Å². The van der Waals surface area contributed by atoms with Gasteiger partial charge in [0.15, 0.2) is 43.3 Å². The van der Waals surface area contributed by atoms with Gasteiger partial charge >= 0.3 is 35.9 Å². The van der Waals surface area contributed by atoms with Gasteiger partial charge in [-0.2, -0.15) is 0 Å². The highest BCUT2D eigenvalue weighted by atomic mass is 16.8. The van der Waals surface area contributed by atoms with Gasteiger partial charge in [-0.3, -0.25) is 24.0 Å². The lowest BCUT2D eigenvalue weighted by molar-refractivity contribution is -0.306. The summed E-state index contributed by atoms with van der Waals surface area (Å²) in [5.74, 6) is -4.30. The number of rotatable bonds is 23. The van der Waals surface area contributed by atoms with Gasteiger partial charge in [0.05, 0.1) is 43.5 Å². The third-order valence-corrected chi connectivity index (χ3v) is 13.0. The first-order valence-electron chi connectivity index (χ1n) is 25.4. The molecule has 430 valence electrons. The van der Waals surface area contributed by atoms with E-state index >= 15 is 0 Å². The summed E-state index contributed by atoms with van der Waals surface area (Å²) in [4.78, 5) is 90.5. The molecule has 1 saturated carbocycles. The molecule has 31 heteroatoms. The molecular formula is C49H61N13O18. The highest BCUT2D eigenvalue weighted by molar-refractivity contribution is 5.69. The quantitative estimate of drug-likeness (QED) is 0.0365. The van der Waals surface area contributed by atoms with Gasteiger partial charge in [0.1, 0.15) is 37.1 Å². The molecule has 4 aliphatic rings. The first-order chi connectivity index (χ1) is 38.5. The number of azide groups is 4. The van der Waals surface area contributed by atoms with Crippen molar-refractivity contribution in [3.05, 3.63) is 114 Å². The minimum absolute atomic E-state index is 0.0333. The molecule has 2 aromatic rings. The van der Waals surface area contributed by atoms with E-state index < -0.39 is 147 Å². The van der Waals surface area contributed by atoms with E-state index in [1.165, 1.54) is 11.8 Å². The number of hydrogen-bond acceptors (Lipinski definition) is 22. The normalized spacial score (nSPS) is 30.6. The molecule has 17 atom stereocenters. The van der Waals surface area contributed by atoms with E-state index in [0.29, 0.717) is 0 Å². The van der Waals surface area contributed by atoms with Crippen LogP contribution in [0.2, 0.25) is 0 Å². The second kappa shape index (κ2) is 29.9. The van der Waals surface area contributed by atoms with Crippen molar-refractivity contribution in [2.75, 3.05) is 13.1 Å². The molecule has 80 heavy (non-hydrogen) atoms. The van der Waals surface area contributed by atoms with Gasteiger partial charge in [0.25, 0.3) is 0 Å². The Bertz CT molecular complexity index is 2670. The highest BCUT2D eigenvalue weighted by Gasteiger charge is 2.58. The Morgan fingerprint density at radius 1 is 0.562 bits per heavy atom. The topological polar surface area (TPSA) is 411 Å². The van der Waals surface area contributed by atoms with Crippen molar-refractivity contribution >= 4 is 35.9 Å². The summed E-state index contributed by atoms with van der Waals surface area (Å²) in [5.41, 5.74) is 40.3. The summed E-state index contributed by atoms with van der Waals surface area (Å²) >= 11 is 0. The monoisotopic (exact) mass is 1120 g/mol. The summed E-state index contributed by atoms with van der Waals surface area (Å²) < 4.78 is 73.2. The second-order valence-corrected chi connectivity index (χ2v) is 18.7. The van der Waals surface area contributed by atoms with Crippen LogP contribution >= 0.6 is 0 Å². The van der Waals surface area contributed by atoms with Gasteiger partial charge in [-0.25, -0.2) is 4.79 Å². The second-order valence-electron chi connectivity index (χ2n) is 18.7. The van der Waals surface area contributed by atoms with Crippen LogP contribution in [0.1, 0.15) is 78.4 Å². The van der Waals surface area contributed by atoms with Gasteiger partial charge in [-0.15, -0.1) is 0 Å². The Labute approximate surface area is 457 Å². The number of hydrogen-bond donors (Lipinski definition) is 0. The van der Waals surface area contributed by atoms with E-state index in [2.05, 4.69) is 40.1 Å². The molecule has 0 aromatic heterocycles. The molecular weight excluding hydrogens is 1060 g/mol. The number of carbonyl (C=O) groups is 6. The zero-order valence-corrected chi connectivity index (χ0v) is 44.4. The Morgan fingerprint density at radius 2 is 1.10 bits per heavy atom. The maximum absolute atomic E-state index is 13.9. The van der Waals surface area contributed by atoms with Crippen LogP contribution in [-0.2, 0) is 94.0 Å². The Hall–Kier alpha value is -7.94. The zero-order chi connectivity index (χ0) is 57.9. The summed E-state index contributed by atoms with van der Waals surface area (Å²) in [5, 5.41) is 15.2. The summed E-state index contributed by atoms with van der Waals surface area (Å²) in [6.07, 6.45) is -21.2. The fraction of sp³-hybridized carbons (Fsp3) is 0.633. The first-order valence-corrected chi connectivity index (χ1v) is 25.4. The van der Waals surface area contributed by atoms with E-state index in [4.69, 9.17) is 56.8 Å². The van der Waals surface area contributed by atoms with Gasteiger partial charge in [0.2, 0.25) is 0 Å². The zero-order valence-electron chi connectivity index (χ0n) is 44.4. The molecule has 1 amide bonds. The molecule has 0 spiro atoms. The van der Waals surface area contributed by atoms with Crippen molar-refractivity contribution in [2.45, 2.75) is 185 Å². The fourth-order valence-electron chi connectivity index (χ4n) is 9.82. The number of nitrogens with zero attached hydrogens (tertiary/aromatic N) is 13. The Morgan fingerprint density at radius 3 is 1.69 bits per heavy atom. The number of esters is 5. The van der Waals surface area contributed by atoms with Gasteiger partial charge in [-0.1, -0.05) is 88.0 Å². The number of benzene rings is 2. The molecule has 0 unspecified atom stereocenters. The van der Waals surface area contributed by atoms with Crippen molar-refractivity contribution in [1.29, 1.82) is 0 Å². The maximum Gasteiger partial charge on any atom is 0.410 e. The molecule has 2 aromatic carbocycles. The van der Waals surface area contributed by atoms with Gasteiger partial charge < -0.3 is 61.7 Å². The summed E-state index contributed by atoms with van der Waals surface area (Å²) in [6.45, 7) is 6.51. The average Bonchev–Trinajstić information content (AvgIpc) is 3.91. The Kier molecular flexibility index (Phi) is 22.9. The van der Waals surface area contributed by atoms with E-state index in [-0.39, 0.29) is 45.4 Å². The molecule has 6 rings (SSSR count). The molecule has 1 aliphatic carbocycles. The Balaban J connectivity index is 1.38. The average molecular weight is 1120 g/mol. The van der Waals surface area contributed by atoms with Gasteiger partial charge in [0, 0.05) is 60.8 Å². The highest BCUT2D eigenvalue weighted by Crippen LogP contribution is 2.40. The van der Waals surface area contributed by atoms with Crippen LogP contribution in [0.15, 0.2) is 81.1 Å². The van der Waals surface area contributed by atoms with Crippen LogP contribution in [-0.4, -0.2) is 158 Å². The third kappa shape index (κ3) is 16.8. The molecule has 31 nitrogen and oxygen atoms in total. The molecule has 3 aliphatic heterocycles. The third-order valence-electron chi connectivity index (χ3n) is 13.0. The van der Waals surface area contributed by atoms with Crippen molar-refractivity contribution in [1.82, 2.24) is 4.90 Å². The molecule has 0 N–H and O–H groups in total. The van der Waals surface area contributed by atoms with Crippen molar-refractivity contribution in [3.8, 4) is 0 Å². The smallest absolute Gasteiger partial charge is 0.410 e. The number of amides is 1. The van der Waals surface area contributed by atoms with E-state index in [0.717, 1.165) is 38.8 Å². The minimum atomic E-state index is -1.76. The standard InChI is InChI=1S/C49H61N13O18/c1-7-35-41(79-47-38(57-61-53)43(73-28(5)66)42(72-27(4)65)37(77-47)21-54-58-50)45(74-29(6)67)48(76-35)80-44-39(71-26(3)64)33(55-59-51)20-34(56-60-52)40(44)78-46-36(70-25(2)63)19-18-32(75-46)23-62(22-30-14-10-8-11-15-30)49(68)69-24-31-16-12-9-13-17-31/h8-17,32-48H,7,18-24H2,1-6H3/t32-,33+,34-,35+,36+,37-,38+,39-,40+,41+,42+,43+,44+,45+,46+,47+,48-/m0/s1. The SMILES string of the molecule is CC[C@H]1O[C@@H](O[C@@H]2[C@@H](OC(C)=O)[C@H](N=[N+]=[N-])C[C@H](N=[N+]=[N-])[C@H]2O[C@H]2O[C@H](CN(Cc3ccccc3)C(=O)OCc3ccccc3)CC[C@H]2OC(C)=O)[C@H](OC(C)=O)[C@@H]1O[C@H]1O[C@@H](CN=[N+]=[N-])[C@@H](OC(C)=O)[C@H](OC(C)=O)[C@H]1N=[N+]=[N-]. The fourth-order valence-corrected chi connectivity index (χ4v) is 9.82. The predicted octanol–water partition coefficient (Wildman–Crippen LogP) is 6.76. The lowest BCUT2D eigenvalue weighted by atomic mass is 9.84. The van der Waals surface area contributed by atoms with E-state index in [1.54, 1.807) is 19.1 Å². The summed E-state index contributed by atoms with van der Waals surface area (Å²) in [6, 6.07) is 13.9. The predicted molar refractivity (Wildman–Crippen MR) is 269 cm³/mol. The molecule has 3 saturated heterocycles. The van der Waals surface area contributed by atoms with Crippen molar-refractivity contribution < 1.29 is 85.6 Å². The molecule has 0 radical (unpaired) electrons. The van der Waals surface area contributed by atoms with Crippen molar-refractivity contribution in [2.24, 2.45) is 20.5 Å². The van der Waals surface area contributed by atoms with E-state index in [1.807, 2.05) is 48.5 Å². The first kappa shape index (κ1) is 61.3. The molecule has 3 heterocycles. The lowest BCUT2D eigenvalue weighted by Gasteiger charge is -2.46. The van der Waals surface area contributed by atoms with Crippen LogP contribution in [0, 0.1) is 0 Å². The molecule has 0 bridgehead atoms. The van der Waals surface area contributed by atoms with Crippen LogP contribution < -0.4 is 0 Å². The van der Waals surface area contributed by atoms with Crippen LogP contribution in [0.4, 0.5) is 4.79 Å². The maximum atomic E-state index is 13.9. The van der Waals surface area contributed by atoms with Crippen LogP contribution in [0.3, 0.4) is 0 Å². The molecule has 4 fully saturated rings. The minimum Gasteiger partial charge on any atom is -0.459 e. The van der Waals surface area contributed by atoms with Gasteiger partial charge in [-0.05, 0) is 58.9 Å². The van der Waals surface area contributed by atoms with Crippen LogP contribution in [0.25, 0.3) is 41.8 Å². The van der Waals surface area contributed by atoms with Crippen LogP contribution in [0.5, 0.6) is 0 Å². The lowest BCUT2D eigenvalue weighted by Crippen LogP contribution is -2.62. The largest absolute Gasteiger partial charge is 0.459 e. The number of ether oxygens (including phenoxy) is 12. The number of carbonyl (C=O) groups excluding carboxylic acids is 6.